The summed E-state index contributed by atoms with van der Waals surface area (Å²) in [5.74, 6) is 1.84. The minimum atomic E-state index is -0.759. The molecule has 4 heteroatoms. The third kappa shape index (κ3) is 2.97. The summed E-state index contributed by atoms with van der Waals surface area (Å²) in [5, 5.41) is 10.4. The lowest BCUT2D eigenvalue weighted by atomic mass is 9.92. The van der Waals surface area contributed by atoms with Gasteiger partial charge < -0.3 is 20.0 Å². The van der Waals surface area contributed by atoms with Crippen LogP contribution < -0.4 is 10.5 Å². The van der Waals surface area contributed by atoms with Crippen molar-refractivity contribution in [2.75, 3.05) is 13.7 Å². The molecule has 1 heterocycles. The fourth-order valence-electron chi connectivity index (χ4n) is 2.13. The van der Waals surface area contributed by atoms with Crippen molar-refractivity contribution in [2.24, 2.45) is 5.73 Å². The summed E-state index contributed by atoms with van der Waals surface area (Å²) in [5.41, 5.74) is 6.73. The molecule has 3 N–H and O–H groups in total. The summed E-state index contributed by atoms with van der Waals surface area (Å²) in [7, 11) is 1.61. The van der Waals surface area contributed by atoms with E-state index >= 15 is 0 Å². The van der Waals surface area contributed by atoms with Gasteiger partial charge in [-0.1, -0.05) is 12.1 Å². The number of aliphatic hydroxyl groups is 1. The maximum absolute atomic E-state index is 10.4. The maximum atomic E-state index is 10.4. The van der Waals surface area contributed by atoms with Gasteiger partial charge in [-0.15, -0.1) is 0 Å². The molecule has 2 aromatic rings. The van der Waals surface area contributed by atoms with Gasteiger partial charge in [-0.25, -0.2) is 0 Å². The smallest absolute Gasteiger partial charge is 0.133 e. The van der Waals surface area contributed by atoms with Gasteiger partial charge in [0.15, 0.2) is 0 Å². The minimum absolute atomic E-state index is 0.222. The van der Waals surface area contributed by atoms with E-state index in [2.05, 4.69) is 0 Å². The minimum Gasteiger partial charge on any atom is -0.497 e. The highest BCUT2D eigenvalue weighted by atomic mass is 16.5. The number of hydrogen-bond donors (Lipinski definition) is 2. The van der Waals surface area contributed by atoms with Crippen molar-refractivity contribution in [3.05, 3.63) is 53.5 Å². The summed E-state index contributed by atoms with van der Waals surface area (Å²) >= 11 is 0. The van der Waals surface area contributed by atoms with Crippen LogP contribution in [0.5, 0.6) is 5.75 Å². The number of aryl methyl sites for hydroxylation is 1. The van der Waals surface area contributed by atoms with Gasteiger partial charge in [0, 0.05) is 12.5 Å². The third-order valence-corrected chi connectivity index (χ3v) is 3.21. The number of hydrogen-bond acceptors (Lipinski definition) is 4. The largest absolute Gasteiger partial charge is 0.497 e. The van der Waals surface area contributed by atoms with E-state index < -0.39 is 6.10 Å². The Kier molecular flexibility index (Phi) is 4.24. The lowest BCUT2D eigenvalue weighted by molar-refractivity contribution is 0.120. The molecule has 0 aliphatic heterocycles. The molecule has 0 aliphatic rings. The molecule has 0 aliphatic carbocycles. The molecule has 0 saturated heterocycles. The molecule has 0 radical (unpaired) electrons. The van der Waals surface area contributed by atoms with Crippen LogP contribution in [-0.2, 0) is 0 Å². The molecule has 0 amide bonds. The van der Waals surface area contributed by atoms with Crippen LogP contribution in [0.4, 0.5) is 0 Å². The third-order valence-electron chi connectivity index (χ3n) is 3.21. The summed E-state index contributed by atoms with van der Waals surface area (Å²) < 4.78 is 10.7. The topological polar surface area (TPSA) is 68.6 Å². The van der Waals surface area contributed by atoms with E-state index in [0.29, 0.717) is 12.3 Å². The molecule has 4 nitrogen and oxygen atoms in total. The molecule has 1 aromatic heterocycles. The van der Waals surface area contributed by atoms with Crippen LogP contribution in [0, 0.1) is 6.92 Å². The second-order valence-corrected chi connectivity index (χ2v) is 4.51. The monoisotopic (exact) mass is 261 g/mol. The molecule has 2 rings (SSSR count). The fourth-order valence-corrected chi connectivity index (χ4v) is 2.13. The lowest BCUT2D eigenvalue weighted by Crippen LogP contribution is -2.19. The molecule has 1 aromatic carbocycles. The van der Waals surface area contributed by atoms with Crippen molar-refractivity contribution in [2.45, 2.75) is 18.9 Å². The Morgan fingerprint density at radius 2 is 2.11 bits per heavy atom. The lowest BCUT2D eigenvalue weighted by Gasteiger charge is -2.20. The van der Waals surface area contributed by atoms with E-state index in [4.69, 9.17) is 14.9 Å². The van der Waals surface area contributed by atoms with Crippen molar-refractivity contribution in [3.8, 4) is 5.75 Å². The maximum Gasteiger partial charge on any atom is 0.133 e. The van der Waals surface area contributed by atoms with Gasteiger partial charge in [0.2, 0.25) is 0 Å². The van der Waals surface area contributed by atoms with Gasteiger partial charge in [0.05, 0.1) is 7.11 Å². The Balaban J connectivity index is 2.28. The summed E-state index contributed by atoms with van der Waals surface area (Å²) in [4.78, 5) is 0. The van der Waals surface area contributed by atoms with Crippen LogP contribution >= 0.6 is 0 Å². The Morgan fingerprint density at radius 3 is 2.68 bits per heavy atom. The molecule has 102 valence electrons. The number of furan rings is 1. The van der Waals surface area contributed by atoms with Crippen molar-refractivity contribution < 1.29 is 14.3 Å². The number of benzene rings is 1. The van der Waals surface area contributed by atoms with Gasteiger partial charge in [-0.2, -0.15) is 0 Å². The highest BCUT2D eigenvalue weighted by Gasteiger charge is 2.24. The normalized spacial score (nSPS) is 14.1. The van der Waals surface area contributed by atoms with Crippen molar-refractivity contribution >= 4 is 0 Å². The molecule has 0 spiro atoms. The van der Waals surface area contributed by atoms with Crippen molar-refractivity contribution in [1.82, 2.24) is 0 Å². The van der Waals surface area contributed by atoms with E-state index in [-0.39, 0.29) is 5.92 Å². The first-order valence-electron chi connectivity index (χ1n) is 6.24. The van der Waals surface area contributed by atoms with E-state index in [1.54, 1.807) is 13.2 Å². The predicted octanol–water partition coefficient (Wildman–Crippen LogP) is 2.37. The first kappa shape index (κ1) is 13.6. The quantitative estimate of drug-likeness (QED) is 0.867. The first-order valence-corrected chi connectivity index (χ1v) is 6.24. The van der Waals surface area contributed by atoms with Crippen molar-refractivity contribution in [1.29, 1.82) is 0 Å². The van der Waals surface area contributed by atoms with Gasteiger partial charge >= 0.3 is 0 Å². The van der Waals surface area contributed by atoms with Crippen LogP contribution in [0.2, 0.25) is 0 Å². The Labute approximate surface area is 112 Å². The molecule has 0 fully saturated rings. The summed E-state index contributed by atoms with van der Waals surface area (Å²) in [6, 6.07) is 11.2. The zero-order chi connectivity index (χ0) is 13.8. The molecule has 0 bridgehead atoms. The van der Waals surface area contributed by atoms with Gasteiger partial charge in [0.25, 0.3) is 0 Å². The van der Waals surface area contributed by atoms with Crippen LogP contribution in [-0.4, -0.2) is 18.8 Å². The van der Waals surface area contributed by atoms with E-state index in [1.165, 1.54) is 0 Å². The number of methoxy groups -OCH3 is 1. The average molecular weight is 261 g/mol. The standard InChI is InChI=1S/C15H19NO3/c1-10-6-7-14(19-10)15(17)13(9-16)11-4-3-5-12(8-11)18-2/h3-8,13,15,17H,9,16H2,1-2H3. The van der Waals surface area contributed by atoms with Crippen molar-refractivity contribution in [3.63, 3.8) is 0 Å². The Hall–Kier alpha value is -1.78. The second kappa shape index (κ2) is 5.91. The summed E-state index contributed by atoms with van der Waals surface area (Å²) in [6.45, 7) is 2.17. The fraction of sp³-hybridized carbons (Fsp3) is 0.333. The summed E-state index contributed by atoms with van der Waals surface area (Å²) in [6.07, 6.45) is -0.759. The average Bonchev–Trinajstić information content (AvgIpc) is 2.86. The number of aliphatic hydroxyl groups excluding tert-OH is 1. The molecule has 2 atom stereocenters. The zero-order valence-corrected chi connectivity index (χ0v) is 11.2. The highest BCUT2D eigenvalue weighted by molar-refractivity contribution is 5.32. The first-order chi connectivity index (χ1) is 9.15. The Bertz CT molecular complexity index is 536. The van der Waals surface area contributed by atoms with Gasteiger partial charge in [0.1, 0.15) is 23.4 Å². The SMILES string of the molecule is COc1cccc(C(CN)C(O)c2ccc(C)o2)c1. The van der Waals surface area contributed by atoms with Gasteiger partial charge in [-0.3, -0.25) is 0 Å². The van der Waals surface area contributed by atoms with Crippen LogP contribution in [0.3, 0.4) is 0 Å². The molecular formula is C15H19NO3. The molecule has 19 heavy (non-hydrogen) atoms. The molecular weight excluding hydrogens is 242 g/mol. The molecule has 0 saturated carbocycles. The van der Waals surface area contributed by atoms with Crippen LogP contribution in [0.1, 0.15) is 29.1 Å². The number of ether oxygens (including phenoxy) is 1. The van der Waals surface area contributed by atoms with E-state index in [9.17, 15) is 5.11 Å². The van der Waals surface area contributed by atoms with Crippen LogP contribution in [0.15, 0.2) is 40.8 Å². The Morgan fingerprint density at radius 1 is 1.32 bits per heavy atom. The van der Waals surface area contributed by atoms with Gasteiger partial charge in [-0.05, 0) is 36.8 Å². The van der Waals surface area contributed by atoms with Crippen LogP contribution in [0.25, 0.3) is 0 Å². The molecule has 2 unspecified atom stereocenters. The number of rotatable bonds is 5. The second-order valence-electron chi connectivity index (χ2n) is 4.51. The predicted molar refractivity (Wildman–Crippen MR) is 73.2 cm³/mol. The van der Waals surface area contributed by atoms with E-state index in [0.717, 1.165) is 17.1 Å². The number of nitrogens with two attached hydrogens (primary N) is 1. The zero-order valence-electron chi connectivity index (χ0n) is 11.2. The van der Waals surface area contributed by atoms with E-state index in [1.807, 2.05) is 37.3 Å². The highest BCUT2D eigenvalue weighted by Crippen LogP contribution is 2.32.